The maximum absolute atomic E-state index is 12.2. The highest BCUT2D eigenvalue weighted by atomic mass is 32.2. The lowest BCUT2D eigenvalue weighted by Gasteiger charge is -2.14. The van der Waals surface area contributed by atoms with Crippen LogP contribution >= 0.6 is 0 Å². The van der Waals surface area contributed by atoms with Crippen molar-refractivity contribution in [2.75, 3.05) is 26.0 Å². The van der Waals surface area contributed by atoms with E-state index in [4.69, 9.17) is 4.74 Å². The first-order valence-corrected chi connectivity index (χ1v) is 9.71. The minimum Gasteiger partial charge on any atom is -0.452 e. The Hall–Kier alpha value is -3.31. The van der Waals surface area contributed by atoms with Crippen LogP contribution in [0.2, 0.25) is 0 Å². The zero-order chi connectivity index (χ0) is 21.8. The molecule has 0 aliphatic carbocycles. The number of esters is 1. The van der Waals surface area contributed by atoms with E-state index in [1.807, 2.05) is 0 Å². The van der Waals surface area contributed by atoms with Gasteiger partial charge < -0.3 is 10.1 Å². The van der Waals surface area contributed by atoms with E-state index in [2.05, 4.69) is 5.32 Å². The summed E-state index contributed by atoms with van der Waals surface area (Å²) in [5, 5.41) is 13.3. The number of hydrogen-bond acceptors (Lipinski definition) is 7. The zero-order valence-electron chi connectivity index (χ0n) is 15.9. The van der Waals surface area contributed by atoms with Gasteiger partial charge in [-0.3, -0.25) is 14.9 Å². The van der Waals surface area contributed by atoms with E-state index in [0.29, 0.717) is 5.56 Å². The molecular formula is C18H19N3O7S. The number of non-ortho nitro benzene ring substituents is 1. The molecule has 29 heavy (non-hydrogen) atoms. The van der Waals surface area contributed by atoms with Crippen molar-refractivity contribution in [3.8, 4) is 0 Å². The number of carbonyl (C=O) groups is 2. The predicted molar refractivity (Wildman–Crippen MR) is 104 cm³/mol. The van der Waals surface area contributed by atoms with E-state index in [1.54, 1.807) is 13.0 Å². The van der Waals surface area contributed by atoms with Crippen LogP contribution in [0.1, 0.15) is 15.9 Å². The molecule has 154 valence electrons. The number of rotatable bonds is 7. The van der Waals surface area contributed by atoms with Crippen LogP contribution in [0.3, 0.4) is 0 Å². The smallest absolute Gasteiger partial charge is 0.338 e. The Kier molecular flexibility index (Phi) is 6.67. The maximum atomic E-state index is 12.2. The van der Waals surface area contributed by atoms with Crippen LogP contribution in [0.15, 0.2) is 47.4 Å². The minimum atomic E-state index is -3.68. The van der Waals surface area contributed by atoms with Crippen molar-refractivity contribution in [3.63, 3.8) is 0 Å². The van der Waals surface area contributed by atoms with Gasteiger partial charge in [0.25, 0.3) is 11.6 Å². The standard InChI is InChI=1S/C18H19N3O7S/c1-12-7-8-15(29(26,27)20(2)3)10-16(12)19-17(22)11-28-18(23)13-5-4-6-14(9-13)21(24)25/h4-10H,11H2,1-3H3,(H,19,22). The van der Waals surface area contributed by atoms with Gasteiger partial charge in [-0.2, -0.15) is 0 Å². The number of nitrogens with one attached hydrogen (secondary N) is 1. The number of nitro groups is 1. The van der Waals surface area contributed by atoms with E-state index < -0.39 is 33.4 Å². The van der Waals surface area contributed by atoms with Crippen molar-refractivity contribution in [1.82, 2.24) is 4.31 Å². The molecule has 0 heterocycles. The summed E-state index contributed by atoms with van der Waals surface area (Å²) in [6, 6.07) is 9.19. The summed E-state index contributed by atoms with van der Waals surface area (Å²) in [6.07, 6.45) is 0. The van der Waals surface area contributed by atoms with Gasteiger partial charge in [0, 0.05) is 31.9 Å². The van der Waals surface area contributed by atoms with Gasteiger partial charge in [0.05, 0.1) is 15.4 Å². The second-order valence-electron chi connectivity index (χ2n) is 6.20. The van der Waals surface area contributed by atoms with E-state index in [9.17, 15) is 28.1 Å². The first-order chi connectivity index (χ1) is 13.5. The van der Waals surface area contributed by atoms with Crippen molar-refractivity contribution in [3.05, 3.63) is 63.7 Å². The van der Waals surface area contributed by atoms with Crippen molar-refractivity contribution in [2.24, 2.45) is 0 Å². The van der Waals surface area contributed by atoms with E-state index >= 15 is 0 Å². The molecule has 0 spiro atoms. The fourth-order valence-corrected chi connectivity index (χ4v) is 3.18. The third kappa shape index (κ3) is 5.36. The number of aryl methyl sites for hydroxylation is 1. The molecule has 2 aromatic carbocycles. The molecule has 1 N–H and O–H groups in total. The number of ether oxygens (including phenoxy) is 1. The predicted octanol–water partition coefficient (Wildman–Crippen LogP) is 1.95. The van der Waals surface area contributed by atoms with Crippen molar-refractivity contribution in [1.29, 1.82) is 0 Å². The zero-order valence-corrected chi connectivity index (χ0v) is 16.7. The van der Waals surface area contributed by atoms with Crippen LogP contribution in [0, 0.1) is 17.0 Å². The topological polar surface area (TPSA) is 136 Å². The monoisotopic (exact) mass is 421 g/mol. The molecule has 0 fully saturated rings. The lowest BCUT2D eigenvalue weighted by atomic mass is 10.2. The molecule has 2 aromatic rings. The number of hydrogen-bond donors (Lipinski definition) is 1. The highest BCUT2D eigenvalue weighted by molar-refractivity contribution is 7.89. The highest BCUT2D eigenvalue weighted by Crippen LogP contribution is 2.22. The summed E-state index contributed by atoms with van der Waals surface area (Å²) in [7, 11) is -0.904. The Bertz CT molecular complexity index is 1060. The normalized spacial score (nSPS) is 11.2. The van der Waals surface area contributed by atoms with Crippen LogP contribution in [0.5, 0.6) is 0 Å². The number of nitro benzene ring substituents is 1. The Balaban J connectivity index is 2.07. The minimum absolute atomic E-state index is 0.00279. The van der Waals surface area contributed by atoms with Crippen molar-refractivity contribution >= 4 is 33.3 Å². The van der Waals surface area contributed by atoms with E-state index in [1.165, 1.54) is 44.4 Å². The SMILES string of the molecule is Cc1ccc(S(=O)(=O)N(C)C)cc1NC(=O)COC(=O)c1cccc([N+](=O)[O-])c1. The third-order valence-corrected chi connectivity index (χ3v) is 5.70. The summed E-state index contributed by atoms with van der Waals surface area (Å²) in [4.78, 5) is 34.2. The van der Waals surface area contributed by atoms with Gasteiger partial charge in [0.2, 0.25) is 10.0 Å². The van der Waals surface area contributed by atoms with Gasteiger partial charge in [-0.25, -0.2) is 17.5 Å². The maximum Gasteiger partial charge on any atom is 0.338 e. The highest BCUT2D eigenvalue weighted by Gasteiger charge is 2.19. The number of anilines is 1. The summed E-state index contributed by atoms with van der Waals surface area (Å²) in [5.74, 6) is -1.59. The van der Waals surface area contributed by atoms with Crippen molar-refractivity contribution < 1.29 is 27.7 Å². The van der Waals surface area contributed by atoms with Crippen LogP contribution in [0.4, 0.5) is 11.4 Å². The Labute approximate surface area is 167 Å². The molecule has 0 unspecified atom stereocenters. The Morgan fingerprint density at radius 1 is 1.17 bits per heavy atom. The molecule has 0 atom stereocenters. The molecule has 0 aromatic heterocycles. The van der Waals surface area contributed by atoms with Crippen LogP contribution in [-0.2, 0) is 19.6 Å². The molecule has 0 bridgehead atoms. The molecule has 11 heteroatoms. The molecular weight excluding hydrogens is 402 g/mol. The lowest BCUT2D eigenvalue weighted by molar-refractivity contribution is -0.384. The van der Waals surface area contributed by atoms with E-state index in [-0.39, 0.29) is 21.8 Å². The fraction of sp³-hybridized carbons (Fsp3) is 0.222. The molecule has 0 radical (unpaired) electrons. The van der Waals surface area contributed by atoms with Crippen LogP contribution in [0.25, 0.3) is 0 Å². The van der Waals surface area contributed by atoms with Crippen molar-refractivity contribution in [2.45, 2.75) is 11.8 Å². The quantitative estimate of drug-likeness (QED) is 0.410. The summed E-state index contributed by atoms with van der Waals surface area (Å²) >= 11 is 0. The first-order valence-electron chi connectivity index (χ1n) is 8.27. The second-order valence-corrected chi connectivity index (χ2v) is 8.35. The number of sulfonamides is 1. The first kappa shape index (κ1) is 22.0. The van der Waals surface area contributed by atoms with Crippen LogP contribution < -0.4 is 5.32 Å². The van der Waals surface area contributed by atoms with Gasteiger partial charge in [0.15, 0.2) is 6.61 Å². The lowest BCUT2D eigenvalue weighted by Crippen LogP contribution is -2.23. The summed E-state index contributed by atoms with van der Waals surface area (Å²) in [5.41, 5.74) is 0.520. The average molecular weight is 421 g/mol. The largest absolute Gasteiger partial charge is 0.452 e. The molecule has 2 rings (SSSR count). The fourth-order valence-electron chi connectivity index (χ4n) is 2.25. The molecule has 0 aliphatic heterocycles. The van der Waals surface area contributed by atoms with E-state index in [0.717, 1.165) is 10.4 Å². The summed E-state index contributed by atoms with van der Waals surface area (Å²) in [6.45, 7) is 1.03. The molecule has 0 aliphatic rings. The Morgan fingerprint density at radius 3 is 2.48 bits per heavy atom. The number of carbonyl (C=O) groups excluding carboxylic acids is 2. The number of amides is 1. The molecule has 0 saturated heterocycles. The van der Waals surface area contributed by atoms with Gasteiger partial charge in [-0.15, -0.1) is 0 Å². The second kappa shape index (κ2) is 8.80. The molecule has 10 nitrogen and oxygen atoms in total. The molecule has 0 saturated carbocycles. The van der Waals surface area contributed by atoms with Crippen LogP contribution in [-0.4, -0.2) is 50.2 Å². The number of benzene rings is 2. The van der Waals surface area contributed by atoms with Gasteiger partial charge in [-0.05, 0) is 30.7 Å². The average Bonchev–Trinajstić information content (AvgIpc) is 2.67. The molecule has 1 amide bonds. The summed E-state index contributed by atoms with van der Waals surface area (Å²) < 4.78 is 30.4. The van der Waals surface area contributed by atoms with Gasteiger partial charge in [-0.1, -0.05) is 12.1 Å². The Morgan fingerprint density at radius 2 is 1.86 bits per heavy atom. The van der Waals surface area contributed by atoms with Gasteiger partial charge in [0.1, 0.15) is 0 Å². The van der Waals surface area contributed by atoms with Gasteiger partial charge >= 0.3 is 5.97 Å². The third-order valence-electron chi connectivity index (χ3n) is 3.89. The number of nitrogens with zero attached hydrogens (tertiary/aromatic N) is 2.